The highest BCUT2D eigenvalue weighted by molar-refractivity contribution is 5.70. The number of carboxylic acid groups (broad SMARTS) is 1. The van der Waals surface area contributed by atoms with Crippen molar-refractivity contribution in [1.29, 1.82) is 0 Å². The Labute approximate surface area is 451 Å². The molecule has 0 aliphatic carbocycles. The maximum absolute atomic E-state index is 12.9. The molecule has 0 bridgehead atoms. The van der Waals surface area contributed by atoms with Gasteiger partial charge in [0, 0.05) is 12.8 Å². The van der Waals surface area contributed by atoms with E-state index < -0.39 is 24.3 Å². The van der Waals surface area contributed by atoms with Crippen molar-refractivity contribution in [2.75, 3.05) is 47.5 Å². The van der Waals surface area contributed by atoms with Crippen LogP contribution < -0.4 is 5.11 Å². The van der Waals surface area contributed by atoms with Gasteiger partial charge >= 0.3 is 11.9 Å². The molecule has 9 heteroatoms. The molecule has 0 aromatic rings. The van der Waals surface area contributed by atoms with Gasteiger partial charge in [-0.1, -0.05) is 242 Å². The number of aliphatic carboxylic acids is 1. The molecule has 0 saturated carbocycles. The molecule has 0 aromatic carbocycles. The highest BCUT2D eigenvalue weighted by Crippen LogP contribution is 2.17. The SMILES string of the molecule is CCCCCCC/C=C\C/C=C\C/C=C\CCCCCCCCCCCCCCCCCCCCC(=O)OC(COC(=O)CCCCCCC/C=C\CCCCCCCC)COC(OCC[N+](C)(C)C)C(=O)[O-]. The maximum Gasteiger partial charge on any atom is 0.306 e. The Morgan fingerprint density at radius 1 is 0.411 bits per heavy atom. The van der Waals surface area contributed by atoms with E-state index in [2.05, 4.69) is 62.5 Å². The van der Waals surface area contributed by atoms with Crippen LogP contribution >= 0.6 is 0 Å². The molecule has 0 spiro atoms. The summed E-state index contributed by atoms with van der Waals surface area (Å²) in [5.41, 5.74) is 0. The third-order valence-corrected chi connectivity index (χ3v) is 13.5. The number of carbonyl (C=O) groups is 3. The minimum Gasteiger partial charge on any atom is -0.545 e. The summed E-state index contributed by atoms with van der Waals surface area (Å²) in [6.07, 6.45) is 66.0. The number of ether oxygens (including phenoxy) is 4. The summed E-state index contributed by atoms with van der Waals surface area (Å²) in [7, 11) is 5.92. The Kier molecular flexibility index (Phi) is 53.4. The number of nitrogens with zero attached hydrogens (tertiary/aromatic N) is 1. The first-order valence-electron chi connectivity index (χ1n) is 30.8. The van der Waals surface area contributed by atoms with Crippen molar-refractivity contribution in [3.63, 3.8) is 0 Å². The lowest BCUT2D eigenvalue weighted by Gasteiger charge is -2.26. The molecule has 0 heterocycles. The highest BCUT2D eigenvalue weighted by atomic mass is 16.7. The van der Waals surface area contributed by atoms with Crippen LogP contribution in [0.3, 0.4) is 0 Å². The van der Waals surface area contributed by atoms with E-state index in [1.807, 2.05) is 21.1 Å². The summed E-state index contributed by atoms with van der Waals surface area (Å²) in [4.78, 5) is 37.3. The van der Waals surface area contributed by atoms with Gasteiger partial charge in [-0.25, -0.2) is 0 Å². The van der Waals surface area contributed by atoms with Crippen LogP contribution in [0.2, 0.25) is 0 Å². The second-order valence-electron chi connectivity index (χ2n) is 22.0. The molecule has 0 radical (unpaired) electrons. The Bertz CT molecular complexity index is 1340. The van der Waals surface area contributed by atoms with Crippen molar-refractivity contribution in [3.8, 4) is 0 Å². The van der Waals surface area contributed by atoms with Crippen LogP contribution in [0.5, 0.6) is 0 Å². The number of likely N-dealkylation sites (N-methyl/N-ethyl adjacent to an activating group) is 1. The van der Waals surface area contributed by atoms with Gasteiger partial charge in [0.2, 0.25) is 0 Å². The lowest BCUT2D eigenvalue weighted by Crippen LogP contribution is -2.44. The molecule has 426 valence electrons. The quantitative estimate of drug-likeness (QED) is 0.0195. The first-order chi connectivity index (χ1) is 35.6. The topological polar surface area (TPSA) is 111 Å². The minimum absolute atomic E-state index is 0.147. The fourth-order valence-corrected chi connectivity index (χ4v) is 8.78. The van der Waals surface area contributed by atoms with Crippen molar-refractivity contribution in [2.45, 2.75) is 296 Å². The number of carbonyl (C=O) groups excluding carboxylic acids is 3. The van der Waals surface area contributed by atoms with Crippen LogP contribution in [-0.2, 0) is 33.3 Å². The second-order valence-corrected chi connectivity index (χ2v) is 22.0. The average Bonchev–Trinajstić information content (AvgIpc) is 3.36. The molecule has 0 N–H and O–H groups in total. The number of allylic oxidation sites excluding steroid dienone is 8. The summed E-state index contributed by atoms with van der Waals surface area (Å²) >= 11 is 0. The number of hydrogen-bond acceptors (Lipinski definition) is 8. The molecule has 0 fully saturated rings. The molecule has 2 atom stereocenters. The molecule has 0 saturated heterocycles. The van der Waals surface area contributed by atoms with Gasteiger partial charge in [-0.3, -0.25) is 9.59 Å². The number of rotatable bonds is 57. The third-order valence-electron chi connectivity index (χ3n) is 13.5. The van der Waals surface area contributed by atoms with Gasteiger partial charge in [-0.05, 0) is 77.0 Å². The molecule has 0 aliphatic rings. The predicted octanol–water partition coefficient (Wildman–Crippen LogP) is 16.9. The zero-order chi connectivity index (χ0) is 53.4. The standard InChI is InChI=1S/C64H117NO8/c1-6-8-10-12-14-16-18-20-22-23-24-25-26-27-28-29-30-31-32-33-34-35-36-37-38-39-41-43-45-47-49-51-53-55-62(67)73-60(59-72-64(63(68)69)70-57-56-65(3,4)5)58-71-61(66)54-52-50-48-46-44-42-40-21-19-17-15-13-11-9-7-2/h18,20-21,23-24,26-27,40,60,64H,6-17,19,22,25,28-39,41-59H2,1-5H3/b20-18-,24-23-,27-26-,40-21-. The molecule has 0 aromatic heterocycles. The smallest absolute Gasteiger partial charge is 0.306 e. The Balaban J connectivity index is 4.09. The van der Waals surface area contributed by atoms with Gasteiger partial charge in [-0.2, -0.15) is 0 Å². The van der Waals surface area contributed by atoms with Crippen molar-refractivity contribution in [3.05, 3.63) is 48.6 Å². The van der Waals surface area contributed by atoms with Crippen LogP contribution in [-0.4, -0.2) is 82.3 Å². The fourth-order valence-electron chi connectivity index (χ4n) is 8.78. The number of unbranched alkanes of at least 4 members (excludes halogenated alkanes) is 34. The highest BCUT2D eigenvalue weighted by Gasteiger charge is 2.22. The van der Waals surface area contributed by atoms with Gasteiger partial charge < -0.3 is 33.3 Å². The fraction of sp³-hybridized carbons (Fsp3) is 0.828. The van der Waals surface area contributed by atoms with E-state index in [9.17, 15) is 19.5 Å². The largest absolute Gasteiger partial charge is 0.545 e. The zero-order valence-corrected chi connectivity index (χ0v) is 48.5. The van der Waals surface area contributed by atoms with Gasteiger partial charge in [-0.15, -0.1) is 0 Å². The normalized spacial score (nSPS) is 13.1. The van der Waals surface area contributed by atoms with E-state index in [0.717, 1.165) is 64.2 Å². The minimum atomic E-state index is -1.62. The van der Waals surface area contributed by atoms with Crippen LogP contribution in [0.1, 0.15) is 284 Å². The van der Waals surface area contributed by atoms with Gasteiger partial charge in [0.15, 0.2) is 12.4 Å². The summed E-state index contributed by atoms with van der Waals surface area (Å²) in [5, 5.41) is 11.8. The van der Waals surface area contributed by atoms with Crippen LogP contribution in [0, 0.1) is 0 Å². The Morgan fingerprint density at radius 2 is 0.740 bits per heavy atom. The van der Waals surface area contributed by atoms with E-state index >= 15 is 0 Å². The maximum atomic E-state index is 12.9. The lowest BCUT2D eigenvalue weighted by atomic mass is 10.0. The molecule has 2 unspecified atom stereocenters. The molecular formula is C64H117NO8. The molecule has 73 heavy (non-hydrogen) atoms. The van der Waals surface area contributed by atoms with E-state index in [4.69, 9.17) is 18.9 Å². The number of hydrogen-bond donors (Lipinski definition) is 0. The first-order valence-corrected chi connectivity index (χ1v) is 30.8. The molecule has 9 nitrogen and oxygen atoms in total. The van der Waals surface area contributed by atoms with Gasteiger partial charge in [0.1, 0.15) is 13.2 Å². The molecule has 0 aliphatic heterocycles. The van der Waals surface area contributed by atoms with E-state index in [1.54, 1.807) is 0 Å². The van der Waals surface area contributed by atoms with Crippen LogP contribution in [0.15, 0.2) is 48.6 Å². The number of carboxylic acids is 1. The third kappa shape index (κ3) is 56.8. The second kappa shape index (κ2) is 55.5. The lowest BCUT2D eigenvalue weighted by molar-refractivity contribution is -0.870. The molecule has 0 amide bonds. The van der Waals surface area contributed by atoms with Crippen molar-refractivity contribution < 1.29 is 42.9 Å². The molecule has 0 rings (SSSR count). The van der Waals surface area contributed by atoms with Crippen molar-refractivity contribution >= 4 is 17.9 Å². The predicted molar refractivity (Wildman–Crippen MR) is 306 cm³/mol. The zero-order valence-electron chi connectivity index (χ0n) is 48.5. The summed E-state index contributed by atoms with van der Waals surface area (Å²) < 4.78 is 22.7. The number of esters is 2. The number of quaternary nitrogens is 1. The van der Waals surface area contributed by atoms with Crippen molar-refractivity contribution in [2.24, 2.45) is 0 Å². The van der Waals surface area contributed by atoms with Gasteiger partial charge in [0.25, 0.3) is 0 Å². The average molecular weight is 1030 g/mol. The monoisotopic (exact) mass is 1030 g/mol. The summed E-state index contributed by atoms with van der Waals surface area (Å²) in [6, 6.07) is 0. The van der Waals surface area contributed by atoms with Crippen LogP contribution in [0.4, 0.5) is 0 Å². The van der Waals surface area contributed by atoms with Crippen molar-refractivity contribution in [1.82, 2.24) is 0 Å². The molecular weight excluding hydrogens is 911 g/mol. The Morgan fingerprint density at radius 3 is 1.11 bits per heavy atom. The van der Waals surface area contributed by atoms with E-state index in [0.29, 0.717) is 17.4 Å². The summed E-state index contributed by atoms with van der Waals surface area (Å²) in [6.45, 7) is 4.75. The van der Waals surface area contributed by atoms with E-state index in [1.165, 1.54) is 186 Å². The Hall–Kier alpha value is -2.75. The first kappa shape index (κ1) is 70.2. The summed E-state index contributed by atoms with van der Waals surface area (Å²) in [5.74, 6) is -2.28. The van der Waals surface area contributed by atoms with Crippen LogP contribution in [0.25, 0.3) is 0 Å². The van der Waals surface area contributed by atoms with Gasteiger partial charge in [0.05, 0.1) is 40.3 Å². The van der Waals surface area contributed by atoms with E-state index in [-0.39, 0.29) is 38.6 Å².